The Kier molecular flexibility index (Phi) is 6.75. The highest BCUT2D eigenvalue weighted by atomic mass is 35.5. The number of amides is 1. The number of nitrogens with zero attached hydrogens (tertiary/aromatic N) is 1. The van der Waals surface area contributed by atoms with Crippen molar-refractivity contribution < 1.29 is 13.2 Å². The molecule has 1 N–H and O–H groups in total. The van der Waals surface area contributed by atoms with E-state index in [-0.39, 0.29) is 5.91 Å². The molecule has 1 amide bonds. The molecular weight excluding hydrogens is 380 g/mol. The first-order chi connectivity index (χ1) is 11.8. The molecule has 134 valence electrons. The minimum atomic E-state index is -3.34. The topological polar surface area (TPSA) is 66.5 Å². The number of hydrogen-bond donors (Lipinski definition) is 1. The Bertz CT molecular complexity index is 856. The van der Waals surface area contributed by atoms with Gasteiger partial charge in [-0.25, -0.2) is 8.42 Å². The van der Waals surface area contributed by atoms with E-state index < -0.39 is 10.0 Å². The van der Waals surface area contributed by atoms with E-state index in [4.69, 9.17) is 11.6 Å². The molecule has 25 heavy (non-hydrogen) atoms. The van der Waals surface area contributed by atoms with Crippen LogP contribution in [0.5, 0.6) is 0 Å². The van der Waals surface area contributed by atoms with Gasteiger partial charge in [-0.3, -0.25) is 9.10 Å². The molecule has 2 aromatic rings. The van der Waals surface area contributed by atoms with Crippen LogP contribution in [0.15, 0.2) is 48.5 Å². The van der Waals surface area contributed by atoms with E-state index in [1.807, 2.05) is 24.3 Å². The Morgan fingerprint density at radius 3 is 2.60 bits per heavy atom. The average molecular weight is 399 g/mol. The minimum absolute atomic E-state index is 0.147. The summed E-state index contributed by atoms with van der Waals surface area (Å²) in [6.45, 7) is 0. The summed E-state index contributed by atoms with van der Waals surface area (Å²) in [6.07, 6.45) is 1.13. The molecule has 8 heteroatoms. The van der Waals surface area contributed by atoms with Crippen LogP contribution < -0.4 is 9.62 Å². The highest BCUT2D eigenvalue weighted by Gasteiger charge is 2.12. The average Bonchev–Trinajstić information content (AvgIpc) is 2.53. The van der Waals surface area contributed by atoms with Crippen LogP contribution in [0.1, 0.15) is 5.56 Å². The van der Waals surface area contributed by atoms with Gasteiger partial charge in [0.05, 0.1) is 17.7 Å². The summed E-state index contributed by atoms with van der Waals surface area (Å²) >= 11 is 7.41. The van der Waals surface area contributed by atoms with Crippen molar-refractivity contribution in [2.75, 3.05) is 28.7 Å². The number of carbonyl (C=O) groups is 1. The number of halogens is 1. The summed E-state index contributed by atoms with van der Waals surface area (Å²) < 4.78 is 24.3. The molecular formula is C17H19ClN2O3S2. The fourth-order valence-corrected chi connectivity index (χ4v) is 3.54. The molecule has 0 heterocycles. The third kappa shape index (κ3) is 6.26. The number of anilines is 2. The summed E-state index contributed by atoms with van der Waals surface area (Å²) in [5.41, 5.74) is 2.11. The molecule has 0 aromatic heterocycles. The predicted molar refractivity (Wildman–Crippen MR) is 106 cm³/mol. The number of benzene rings is 2. The number of hydrogen-bond acceptors (Lipinski definition) is 4. The molecule has 0 aliphatic carbocycles. The third-order valence-electron chi connectivity index (χ3n) is 3.38. The van der Waals surface area contributed by atoms with Crippen molar-refractivity contribution in [3.8, 4) is 0 Å². The van der Waals surface area contributed by atoms with Crippen molar-refractivity contribution in [1.82, 2.24) is 0 Å². The Morgan fingerprint density at radius 1 is 1.20 bits per heavy atom. The fraction of sp³-hybridized carbons (Fsp3) is 0.235. The number of sulfonamides is 1. The Labute approximate surface area is 157 Å². The first kappa shape index (κ1) is 19.6. The lowest BCUT2D eigenvalue weighted by molar-refractivity contribution is -0.113. The van der Waals surface area contributed by atoms with Gasteiger partial charge in [-0.15, -0.1) is 11.8 Å². The highest BCUT2D eigenvalue weighted by molar-refractivity contribution is 7.99. The van der Waals surface area contributed by atoms with E-state index in [1.54, 1.807) is 24.3 Å². The van der Waals surface area contributed by atoms with Gasteiger partial charge >= 0.3 is 0 Å². The van der Waals surface area contributed by atoms with Gasteiger partial charge in [-0.05, 0) is 35.9 Å². The quantitative estimate of drug-likeness (QED) is 0.773. The number of thioether (sulfide) groups is 1. The molecule has 0 bridgehead atoms. The third-order valence-corrected chi connectivity index (χ3v) is 5.83. The second kappa shape index (κ2) is 8.60. The monoisotopic (exact) mass is 398 g/mol. The first-order valence-electron chi connectivity index (χ1n) is 7.42. The van der Waals surface area contributed by atoms with Gasteiger partial charge in [0, 0.05) is 23.5 Å². The number of carbonyl (C=O) groups excluding carboxylic acids is 1. The largest absolute Gasteiger partial charge is 0.325 e. The Morgan fingerprint density at radius 2 is 1.92 bits per heavy atom. The zero-order chi connectivity index (χ0) is 18.4. The van der Waals surface area contributed by atoms with Gasteiger partial charge in [0.25, 0.3) is 0 Å². The van der Waals surface area contributed by atoms with Crippen LogP contribution in [0.3, 0.4) is 0 Å². The zero-order valence-electron chi connectivity index (χ0n) is 13.9. The van der Waals surface area contributed by atoms with Gasteiger partial charge in [0.15, 0.2) is 0 Å². The van der Waals surface area contributed by atoms with Crippen LogP contribution in [0, 0.1) is 0 Å². The molecule has 2 rings (SSSR count). The van der Waals surface area contributed by atoms with Gasteiger partial charge < -0.3 is 5.32 Å². The molecule has 0 unspecified atom stereocenters. The second-order valence-corrected chi connectivity index (χ2v) is 8.89. The molecule has 0 saturated carbocycles. The predicted octanol–water partition coefficient (Wildman–Crippen LogP) is 3.61. The summed E-state index contributed by atoms with van der Waals surface area (Å²) in [7, 11) is -1.87. The van der Waals surface area contributed by atoms with Crippen molar-refractivity contribution in [1.29, 1.82) is 0 Å². The maximum absolute atomic E-state index is 12.1. The van der Waals surface area contributed by atoms with E-state index in [9.17, 15) is 13.2 Å². The molecule has 0 aliphatic rings. The maximum atomic E-state index is 12.1. The molecule has 2 aromatic carbocycles. The molecule has 0 atom stereocenters. The van der Waals surface area contributed by atoms with E-state index >= 15 is 0 Å². The van der Waals surface area contributed by atoms with Crippen molar-refractivity contribution in [2.24, 2.45) is 0 Å². The van der Waals surface area contributed by atoms with E-state index in [1.165, 1.54) is 18.8 Å². The van der Waals surface area contributed by atoms with E-state index in [0.29, 0.717) is 27.9 Å². The standard InChI is InChI=1S/C17H19ClN2O3S2/c1-20(25(2,22)23)16-8-4-7-15(10-16)19-17(21)12-24-11-13-5-3-6-14(18)9-13/h3-10H,11-12H2,1-2H3,(H,19,21). The van der Waals surface area contributed by atoms with Crippen molar-refractivity contribution >= 4 is 50.7 Å². The van der Waals surface area contributed by atoms with Gasteiger partial charge in [-0.1, -0.05) is 29.8 Å². The number of rotatable bonds is 7. The van der Waals surface area contributed by atoms with Crippen molar-refractivity contribution in [3.05, 3.63) is 59.1 Å². The molecule has 0 radical (unpaired) electrons. The summed E-state index contributed by atoms with van der Waals surface area (Å²) in [5, 5.41) is 3.45. The zero-order valence-corrected chi connectivity index (χ0v) is 16.3. The second-order valence-electron chi connectivity index (χ2n) is 5.45. The summed E-state index contributed by atoms with van der Waals surface area (Å²) in [4.78, 5) is 12.1. The van der Waals surface area contributed by atoms with Crippen LogP contribution in [0.2, 0.25) is 5.02 Å². The molecule has 0 fully saturated rings. The van der Waals surface area contributed by atoms with Gasteiger partial charge in [0.1, 0.15) is 0 Å². The normalized spacial score (nSPS) is 11.2. The summed E-state index contributed by atoms with van der Waals surface area (Å²) in [5.74, 6) is 0.829. The summed E-state index contributed by atoms with van der Waals surface area (Å²) in [6, 6.07) is 14.2. The first-order valence-corrected chi connectivity index (χ1v) is 10.8. The minimum Gasteiger partial charge on any atom is -0.325 e. The lowest BCUT2D eigenvalue weighted by Crippen LogP contribution is -2.25. The maximum Gasteiger partial charge on any atom is 0.234 e. The van der Waals surface area contributed by atoms with Gasteiger partial charge in [0.2, 0.25) is 15.9 Å². The van der Waals surface area contributed by atoms with Crippen LogP contribution >= 0.6 is 23.4 Å². The molecule has 0 saturated heterocycles. The van der Waals surface area contributed by atoms with Gasteiger partial charge in [-0.2, -0.15) is 0 Å². The SMILES string of the molecule is CN(c1cccc(NC(=O)CSCc2cccc(Cl)c2)c1)S(C)(=O)=O. The highest BCUT2D eigenvalue weighted by Crippen LogP contribution is 2.21. The van der Waals surface area contributed by atoms with Crippen LogP contribution in [0.4, 0.5) is 11.4 Å². The van der Waals surface area contributed by atoms with Crippen molar-refractivity contribution in [3.63, 3.8) is 0 Å². The molecule has 0 aliphatic heterocycles. The lowest BCUT2D eigenvalue weighted by Gasteiger charge is -2.17. The van der Waals surface area contributed by atoms with Crippen LogP contribution in [0.25, 0.3) is 0 Å². The van der Waals surface area contributed by atoms with Crippen LogP contribution in [-0.2, 0) is 20.6 Å². The fourth-order valence-electron chi connectivity index (χ4n) is 2.06. The smallest absolute Gasteiger partial charge is 0.234 e. The lowest BCUT2D eigenvalue weighted by atomic mass is 10.2. The van der Waals surface area contributed by atoms with E-state index in [0.717, 1.165) is 16.1 Å². The number of nitrogens with one attached hydrogen (secondary N) is 1. The molecule has 5 nitrogen and oxygen atoms in total. The Hall–Kier alpha value is -1.70. The Balaban J connectivity index is 1.90. The van der Waals surface area contributed by atoms with E-state index in [2.05, 4.69) is 5.32 Å². The molecule has 0 spiro atoms. The van der Waals surface area contributed by atoms with Crippen molar-refractivity contribution in [2.45, 2.75) is 5.75 Å². The van der Waals surface area contributed by atoms with Crippen LogP contribution in [-0.4, -0.2) is 33.4 Å².